The van der Waals surface area contributed by atoms with Crippen LogP contribution >= 0.6 is 11.3 Å². The topological polar surface area (TPSA) is 56.3 Å². The molecule has 0 amide bonds. The molecule has 0 fully saturated rings. The van der Waals surface area contributed by atoms with Crippen LogP contribution in [0, 0.1) is 0 Å². The summed E-state index contributed by atoms with van der Waals surface area (Å²) >= 11 is 1.62. The Kier molecular flexibility index (Phi) is 3.98. The van der Waals surface area contributed by atoms with Crippen LogP contribution in [-0.2, 0) is 13.0 Å². The standard InChI is InChI=1S/C18H19N3O2S/c1-3-22-15-7-12-6-11(2)23-16(12)8-13(15)9-19-17-14-4-5-24-18(14)21-10-20-17/h4-5,7-8,10-11H,3,6,9H2,1-2H3,(H,19,20,21)/t11-/m1/s1. The summed E-state index contributed by atoms with van der Waals surface area (Å²) in [7, 11) is 0. The van der Waals surface area contributed by atoms with E-state index >= 15 is 0 Å². The van der Waals surface area contributed by atoms with Crippen molar-refractivity contribution >= 4 is 27.4 Å². The Hall–Kier alpha value is -2.34. The fraction of sp³-hybridized carbons (Fsp3) is 0.333. The monoisotopic (exact) mass is 341 g/mol. The highest BCUT2D eigenvalue weighted by Gasteiger charge is 2.22. The predicted molar refractivity (Wildman–Crippen MR) is 96.1 cm³/mol. The van der Waals surface area contributed by atoms with Gasteiger partial charge in [0.1, 0.15) is 34.6 Å². The molecule has 0 saturated heterocycles. The molecule has 6 heteroatoms. The number of fused-ring (bicyclic) bond motifs is 2. The molecule has 1 atom stereocenters. The maximum absolute atomic E-state index is 5.88. The molecule has 0 saturated carbocycles. The summed E-state index contributed by atoms with van der Waals surface area (Å²) < 4.78 is 11.7. The smallest absolute Gasteiger partial charge is 0.138 e. The lowest BCUT2D eigenvalue weighted by Gasteiger charge is -2.14. The van der Waals surface area contributed by atoms with Gasteiger partial charge in [-0.3, -0.25) is 0 Å². The number of rotatable bonds is 5. The van der Waals surface area contributed by atoms with E-state index in [9.17, 15) is 0 Å². The minimum absolute atomic E-state index is 0.227. The van der Waals surface area contributed by atoms with Crippen molar-refractivity contribution in [3.8, 4) is 11.5 Å². The van der Waals surface area contributed by atoms with Gasteiger partial charge in [0, 0.05) is 24.1 Å². The normalized spacial score (nSPS) is 16.0. The van der Waals surface area contributed by atoms with Crippen molar-refractivity contribution in [2.75, 3.05) is 11.9 Å². The van der Waals surface area contributed by atoms with Gasteiger partial charge in [0.25, 0.3) is 0 Å². The fourth-order valence-corrected chi connectivity index (χ4v) is 3.75. The van der Waals surface area contributed by atoms with Gasteiger partial charge < -0.3 is 14.8 Å². The Bertz CT molecular complexity index is 878. The van der Waals surface area contributed by atoms with Crippen LogP contribution in [0.5, 0.6) is 11.5 Å². The minimum atomic E-state index is 0.227. The van der Waals surface area contributed by atoms with E-state index in [1.165, 1.54) is 5.56 Å². The lowest BCUT2D eigenvalue weighted by Crippen LogP contribution is -2.06. The van der Waals surface area contributed by atoms with E-state index in [2.05, 4.69) is 34.3 Å². The molecule has 1 N–H and O–H groups in total. The van der Waals surface area contributed by atoms with Gasteiger partial charge in [-0.25, -0.2) is 9.97 Å². The van der Waals surface area contributed by atoms with Crippen molar-refractivity contribution in [3.63, 3.8) is 0 Å². The highest BCUT2D eigenvalue weighted by molar-refractivity contribution is 7.16. The van der Waals surface area contributed by atoms with E-state index in [0.29, 0.717) is 13.2 Å². The van der Waals surface area contributed by atoms with Crippen molar-refractivity contribution in [1.82, 2.24) is 9.97 Å². The highest BCUT2D eigenvalue weighted by atomic mass is 32.1. The van der Waals surface area contributed by atoms with Crippen molar-refractivity contribution in [3.05, 3.63) is 41.0 Å². The van der Waals surface area contributed by atoms with E-state index in [1.54, 1.807) is 17.7 Å². The number of hydrogen-bond acceptors (Lipinski definition) is 6. The van der Waals surface area contributed by atoms with Crippen molar-refractivity contribution < 1.29 is 9.47 Å². The zero-order chi connectivity index (χ0) is 16.5. The number of benzene rings is 1. The Morgan fingerprint density at radius 3 is 3.17 bits per heavy atom. The zero-order valence-electron chi connectivity index (χ0n) is 13.7. The van der Waals surface area contributed by atoms with Crippen molar-refractivity contribution in [2.24, 2.45) is 0 Å². The van der Waals surface area contributed by atoms with Crippen molar-refractivity contribution in [1.29, 1.82) is 0 Å². The third-order valence-electron chi connectivity index (χ3n) is 4.09. The first-order valence-corrected chi connectivity index (χ1v) is 9.00. The molecule has 3 heterocycles. The molecule has 0 aliphatic carbocycles. The Balaban J connectivity index is 1.62. The third kappa shape index (κ3) is 2.78. The first-order valence-electron chi connectivity index (χ1n) is 8.12. The molecule has 1 aliphatic heterocycles. The summed E-state index contributed by atoms with van der Waals surface area (Å²) in [5.74, 6) is 2.72. The summed E-state index contributed by atoms with van der Waals surface area (Å²) in [6.07, 6.45) is 2.76. The van der Waals surface area contributed by atoms with Gasteiger partial charge in [-0.1, -0.05) is 0 Å². The van der Waals surface area contributed by atoms with Crippen LogP contribution in [0.15, 0.2) is 29.9 Å². The van der Waals surface area contributed by atoms with Crippen LogP contribution in [0.2, 0.25) is 0 Å². The summed E-state index contributed by atoms with van der Waals surface area (Å²) in [6.45, 7) is 5.36. The Morgan fingerprint density at radius 2 is 2.29 bits per heavy atom. The number of hydrogen-bond donors (Lipinski definition) is 1. The average Bonchev–Trinajstić information content (AvgIpc) is 3.18. The van der Waals surface area contributed by atoms with E-state index in [0.717, 1.165) is 39.5 Å². The quantitative estimate of drug-likeness (QED) is 0.759. The average molecular weight is 341 g/mol. The van der Waals surface area contributed by atoms with Crippen molar-refractivity contribution in [2.45, 2.75) is 32.9 Å². The second-order valence-electron chi connectivity index (χ2n) is 5.85. The number of thiophene rings is 1. The summed E-state index contributed by atoms with van der Waals surface area (Å²) in [4.78, 5) is 9.64. The van der Waals surface area contributed by atoms with Gasteiger partial charge in [0.2, 0.25) is 0 Å². The lowest BCUT2D eigenvalue weighted by atomic mass is 10.1. The predicted octanol–water partition coefficient (Wildman–Crippen LogP) is 4.03. The van der Waals surface area contributed by atoms with Crippen LogP contribution in [0.3, 0.4) is 0 Å². The molecule has 4 rings (SSSR count). The molecule has 0 radical (unpaired) electrons. The zero-order valence-corrected chi connectivity index (χ0v) is 14.5. The van der Waals surface area contributed by atoms with Crippen LogP contribution in [0.25, 0.3) is 10.2 Å². The molecule has 1 aliphatic rings. The van der Waals surface area contributed by atoms with Crippen LogP contribution < -0.4 is 14.8 Å². The van der Waals surface area contributed by atoms with Gasteiger partial charge >= 0.3 is 0 Å². The number of anilines is 1. The first kappa shape index (κ1) is 15.2. The van der Waals surface area contributed by atoms with Gasteiger partial charge in [-0.05, 0) is 37.4 Å². The maximum atomic E-state index is 5.88. The number of ether oxygens (including phenoxy) is 2. The summed E-state index contributed by atoms with van der Waals surface area (Å²) in [5, 5.41) is 6.49. The number of nitrogens with one attached hydrogen (secondary N) is 1. The second-order valence-corrected chi connectivity index (χ2v) is 6.74. The number of nitrogens with zero attached hydrogens (tertiary/aromatic N) is 2. The largest absolute Gasteiger partial charge is 0.494 e. The summed E-state index contributed by atoms with van der Waals surface area (Å²) in [5.41, 5.74) is 2.30. The maximum Gasteiger partial charge on any atom is 0.138 e. The second kappa shape index (κ2) is 6.28. The van der Waals surface area contributed by atoms with E-state index in [1.807, 2.05) is 18.4 Å². The highest BCUT2D eigenvalue weighted by Crippen LogP contribution is 2.35. The SMILES string of the molecule is CCOc1cc2c(cc1CNc1ncnc3sccc13)O[C@H](C)C2. The molecule has 24 heavy (non-hydrogen) atoms. The van der Waals surface area contributed by atoms with Gasteiger partial charge in [0.15, 0.2) is 0 Å². The molecule has 124 valence electrons. The lowest BCUT2D eigenvalue weighted by molar-refractivity contribution is 0.254. The van der Waals surface area contributed by atoms with E-state index in [-0.39, 0.29) is 6.10 Å². The molecule has 0 unspecified atom stereocenters. The van der Waals surface area contributed by atoms with E-state index in [4.69, 9.17) is 9.47 Å². The fourth-order valence-electron chi connectivity index (χ4n) is 3.02. The van der Waals surface area contributed by atoms with Gasteiger partial charge in [-0.15, -0.1) is 11.3 Å². The van der Waals surface area contributed by atoms with Crippen LogP contribution in [0.4, 0.5) is 5.82 Å². The molecular weight excluding hydrogens is 322 g/mol. The molecule has 0 bridgehead atoms. The molecule has 3 aromatic rings. The van der Waals surface area contributed by atoms with E-state index < -0.39 is 0 Å². The molecular formula is C18H19N3O2S. The molecule has 5 nitrogen and oxygen atoms in total. The van der Waals surface area contributed by atoms with Crippen LogP contribution in [0.1, 0.15) is 25.0 Å². The summed E-state index contributed by atoms with van der Waals surface area (Å²) in [6, 6.07) is 6.24. The Morgan fingerprint density at radius 1 is 1.38 bits per heavy atom. The van der Waals surface area contributed by atoms with Crippen LogP contribution in [-0.4, -0.2) is 22.7 Å². The Labute approximate surface area is 144 Å². The third-order valence-corrected chi connectivity index (χ3v) is 4.91. The van der Waals surface area contributed by atoms with Gasteiger partial charge in [0.05, 0.1) is 12.0 Å². The molecule has 0 spiro atoms. The minimum Gasteiger partial charge on any atom is -0.494 e. The first-order chi connectivity index (χ1) is 11.7. The molecule has 1 aromatic carbocycles. The molecule has 2 aromatic heterocycles. The van der Waals surface area contributed by atoms with Gasteiger partial charge in [-0.2, -0.15) is 0 Å². The number of aromatic nitrogens is 2.